The second-order valence-corrected chi connectivity index (χ2v) is 5.90. The zero-order chi connectivity index (χ0) is 14.1. The Balaban J connectivity index is 2.06. The summed E-state index contributed by atoms with van der Waals surface area (Å²) >= 11 is 1.66. The first kappa shape index (κ1) is 13.1. The van der Waals surface area contributed by atoms with E-state index in [-0.39, 0.29) is 5.56 Å². The Bertz CT molecular complexity index is 800. The molecule has 3 aromatic rings. The number of fused-ring (bicyclic) bond motifs is 1. The second kappa shape index (κ2) is 5.20. The molecular weight excluding hydrogens is 274 g/mol. The van der Waals surface area contributed by atoms with E-state index < -0.39 is 0 Å². The molecule has 0 aliphatic rings. The van der Waals surface area contributed by atoms with Crippen LogP contribution in [-0.2, 0) is 6.42 Å². The summed E-state index contributed by atoms with van der Waals surface area (Å²) in [6.07, 6.45) is 3.40. The lowest BCUT2D eigenvalue weighted by molar-refractivity contribution is 0.451. The smallest absolute Gasteiger partial charge is 0.265 e. The Morgan fingerprint density at radius 1 is 1.40 bits per heavy atom. The highest BCUT2D eigenvalue weighted by Gasteiger charge is 2.17. The number of nitrogens with one attached hydrogen (secondary N) is 1. The van der Waals surface area contributed by atoms with E-state index in [2.05, 4.69) is 28.1 Å². The third-order valence-corrected chi connectivity index (χ3v) is 4.29. The third kappa shape index (κ3) is 2.27. The first-order chi connectivity index (χ1) is 9.69. The molecule has 3 rings (SSSR count). The van der Waals surface area contributed by atoms with Gasteiger partial charge in [-0.15, -0.1) is 11.3 Å². The van der Waals surface area contributed by atoms with Gasteiger partial charge in [0.1, 0.15) is 16.9 Å². The molecule has 0 fully saturated rings. The minimum absolute atomic E-state index is 0.202. The normalized spacial score (nSPS) is 11.3. The number of aryl methyl sites for hydroxylation is 2. The summed E-state index contributed by atoms with van der Waals surface area (Å²) < 4.78 is 5.18. The van der Waals surface area contributed by atoms with Gasteiger partial charge in [0.2, 0.25) is 0 Å². The van der Waals surface area contributed by atoms with E-state index >= 15 is 0 Å². The number of aromatic nitrogens is 3. The summed E-state index contributed by atoms with van der Waals surface area (Å²) in [7, 11) is 0. The number of nitrogens with zero attached hydrogens (tertiary/aromatic N) is 2. The van der Waals surface area contributed by atoms with E-state index in [0.29, 0.717) is 22.6 Å². The van der Waals surface area contributed by atoms with Gasteiger partial charge in [-0.05, 0) is 31.9 Å². The lowest BCUT2D eigenvalue weighted by Gasteiger charge is -1.93. The minimum Gasteiger partial charge on any atom is -0.335 e. The van der Waals surface area contributed by atoms with Gasteiger partial charge in [0, 0.05) is 4.88 Å². The maximum Gasteiger partial charge on any atom is 0.265 e. The van der Waals surface area contributed by atoms with Crippen molar-refractivity contribution in [2.45, 2.75) is 33.1 Å². The van der Waals surface area contributed by atoms with Crippen molar-refractivity contribution in [2.75, 3.05) is 0 Å². The van der Waals surface area contributed by atoms with E-state index in [1.165, 1.54) is 17.7 Å². The fourth-order valence-electron chi connectivity index (χ4n) is 2.13. The Morgan fingerprint density at radius 2 is 2.25 bits per heavy atom. The summed E-state index contributed by atoms with van der Waals surface area (Å²) in [6.45, 7) is 3.89. The lowest BCUT2D eigenvalue weighted by Crippen LogP contribution is -2.08. The Hall–Kier alpha value is -1.95. The first-order valence-corrected chi connectivity index (χ1v) is 7.46. The van der Waals surface area contributed by atoms with E-state index in [1.807, 2.05) is 6.07 Å². The molecule has 0 amide bonds. The monoisotopic (exact) mass is 289 g/mol. The van der Waals surface area contributed by atoms with E-state index in [9.17, 15) is 4.79 Å². The average molecular weight is 289 g/mol. The van der Waals surface area contributed by atoms with Crippen molar-refractivity contribution in [2.24, 2.45) is 0 Å². The Labute approximate surface area is 119 Å². The fourth-order valence-corrected chi connectivity index (χ4v) is 3.17. The van der Waals surface area contributed by atoms with Crippen LogP contribution in [0.1, 0.15) is 30.5 Å². The first-order valence-electron chi connectivity index (χ1n) is 6.64. The summed E-state index contributed by atoms with van der Waals surface area (Å²) in [4.78, 5) is 21.1. The van der Waals surface area contributed by atoms with Gasteiger partial charge in [0.15, 0.2) is 0 Å². The van der Waals surface area contributed by atoms with Crippen molar-refractivity contribution in [1.82, 2.24) is 15.1 Å². The number of unbranched alkanes of at least 4 members (excludes halogenated alkanes) is 1. The molecular formula is C14H15N3O2S. The van der Waals surface area contributed by atoms with E-state index in [0.717, 1.165) is 11.3 Å². The van der Waals surface area contributed by atoms with Crippen molar-refractivity contribution < 1.29 is 4.52 Å². The SMILES string of the molecule is CCCCc1ccc(-c2noc3nc(C)[nH]c(=O)c23)s1. The van der Waals surface area contributed by atoms with Crippen molar-refractivity contribution in [3.05, 3.63) is 33.2 Å². The molecule has 1 N–H and O–H groups in total. The number of thiophene rings is 1. The molecule has 0 saturated carbocycles. The van der Waals surface area contributed by atoms with Crippen LogP contribution in [0.2, 0.25) is 0 Å². The predicted molar refractivity (Wildman–Crippen MR) is 79.1 cm³/mol. The van der Waals surface area contributed by atoms with Crippen LogP contribution in [0.4, 0.5) is 0 Å². The molecule has 6 heteroatoms. The highest BCUT2D eigenvalue weighted by Crippen LogP contribution is 2.31. The van der Waals surface area contributed by atoms with Gasteiger partial charge in [-0.25, -0.2) is 0 Å². The molecule has 0 spiro atoms. The molecule has 0 unspecified atom stereocenters. The van der Waals surface area contributed by atoms with Crippen LogP contribution in [0.5, 0.6) is 0 Å². The number of aromatic amines is 1. The molecule has 3 heterocycles. The van der Waals surface area contributed by atoms with Crippen LogP contribution < -0.4 is 5.56 Å². The highest BCUT2D eigenvalue weighted by atomic mass is 32.1. The van der Waals surface area contributed by atoms with Crippen LogP contribution in [0.15, 0.2) is 21.5 Å². The van der Waals surface area contributed by atoms with Gasteiger partial charge < -0.3 is 9.51 Å². The van der Waals surface area contributed by atoms with Crippen molar-refractivity contribution in [3.8, 4) is 10.6 Å². The van der Waals surface area contributed by atoms with E-state index in [4.69, 9.17) is 4.52 Å². The van der Waals surface area contributed by atoms with Crippen LogP contribution >= 0.6 is 11.3 Å². The van der Waals surface area contributed by atoms with E-state index in [1.54, 1.807) is 18.3 Å². The lowest BCUT2D eigenvalue weighted by atomic mass is 10.2. The average Bonchev–Trinajstić information content (AvgIpc) is 3.02. The van der Waals surface area contributed by atoms with Gasteiger partial charge in [0.25, 0.3) is 11.3 Å². The zero-order valence-electron chi connectivity index (χ0n) is 11.4. The van der Waals surface area contributed by atoms with Crippen LogP contribution in [0.3, 0.4) is 0 Å². The molecule has 0 radical (unpaired) electrons. The third-order valence-electron chi connectivity index (χ3n) is 3.14. The van der Waals surface area contributed by atoms with Gasteiger partial charge in [0.05, 0.1) is 4.88 Å². The summed E-state index contributed by atoms with van der Waals surface area (Å²) in [6, 6.07) is 4.08. The van der Waals surface area contributed by atoms with Gasteiger partial charge in [-0.3, -0.25) is 4.79 Å². The maximum absolute atomic E-state index is 12.0. The summed E-state index contributed by atoms with van der Waals surface area (Å²) in [5, 5.41) is 4.44. The molecule has 5 nitrogen and oxygen atoms in total. The summed E-state index contributed by atoms with van der Waals surface area (Å²) in [5.41, 5.74) is 0.679. The molecule has 104 valence electrons. The molecule has 3 aromatic heterocycles. The molecule has 0 aliphatic carbocycles. The van der Waals surface area contributed by atoms with Gasteiger partial charge in [-0.1, -0.05) is 18.5 Å². The standard InChI is InChI=1S/C14H15N3O2S/c1-3-4-5-9-6-7-10(20-9)12-11-13(18)15-8(2)16-14(11)19-17-12/h6-7H,3-5H2,1-2H3,(H,15,16,18). The second-order valence-electron chi connectivity index (χ2n) is 4.73. The number of H-pyrrole nitrogens is 1. The molecule has 20 heavy (non-hydrogen) atoms. The van der Waals surface area contributed by atoms with Crippen molar-refractivity contribution >= 4 is 22.4 Å². The summed E-state index contributed by atoms with van der Waals surface area (Å²) in [5.74, 6) is 0.528. The molecule has 0 atom stereocenters. The van der Waals surface area contributed by atoms with Crippen LogP contribution in [0.25, 0.3) is 21.7 Å². The Morgan fingerprint density at radius 3 is 3.05 bits per heavy atom. The largest absolute Gasteiger partial charge is 0.335 e. The van der Waals surface area contributed by atoms with Gasteiger partial charge in [-0.2, -0.15) is 4.98 Å². The van der Waals surface area contributed by atoms with Crippen LogP contribution in [0, 0.1) is 6.92 Å². The fraction of sp³-hybridized carbons (Fsp3) is 0.357. The number of hydrogen-bond acceptors (Lipinski definition) is 5. The Kier molecular flexibility index (Phi) is 3.40. The highest BCUT2D eigenvalue weighted by molar-refractivity contribution is 7.15. The zero-order valence-corrected chi connectivity index (χ0v) is 12.2. The van der Waals surface area contributed by atoms with Gasteiger partial charge >= 0.3 is 0 Å². The van der Waals surface area contributed by atoms with Crippen molar-refractivity contribution in [1.29, 1.82) is 0 Å². The van der Waals surface area contributed by atoms with Crippen molar-refractivity contribution in [3.63, 3.8) is 0 Å². The topological polar surface area (TPSA) is 71.8 Å². The maximum atomic E-state index is 12.0. The number of rotatable bonds is 4. The minimum atomic E-state index is -0.202. The molecule has 0 aromatic carbocycles. The number of hydrogen-bond donors (Lipinski definition) is 1. The molecule has 0 aliphatic heterocycles. The van der Waals surface area contributed by atoms with Crippen LogP contribution in [-0.4, -0.2) is 15.1 Å². The predicted octanol–water partition coefficient (Wildman–Crippen LogP) is 3.29. The molecule has 0 bridgehead atoms. The molecule has 0 saturated heterocycles. The quantitative estimate of drug-likeness (QED) is 0.800.